The summed E-state index contributed by atoms with van der Waals surface area (Å²) in [7, 11) is 1.66. The Bertz CT molecular complexity index is 1070. The first kappa shape index (κ1) is 16.3. The molecule has 24 heavy (non-hydrogen) atoms. The number of rotatable bonds is 4. The summed E-state index contributed by atoms with van der Waals surface area (Å²) >= 11 is 0. The molecule has 7 nitrogen and oxygen atoms in total. The van der Waals surface area contributed by atoms with Crippen molar-refractivity contribution in [2.75, 3.05) is 0 Å². The molecular weight excluding hydrogens is 306 g/mol. The van der Waals surface area contributed by atoms with Gasteiger partial charge >= 0.3 is 5.69 Å². The van der Waals surface area contributed by atoms with Crippen LogP contribution in [0.4, 0.5) is 0 Å². The highest BCUT2D eigenvalue weighted by Crippen LogP contribution is 2.20. The van der Waals surface area contributed by atoms with Crippen LogP contribution >= 0.6 is 0 Å². The van der Waals surface area contributed by atoms with Crippen LogP contribution in [0.25, 0.3) is 16.9 Å². The second kappa shape index (κ2) is 5.51. The van der Waals surface area contributed by atoms with Crippen molar-refractivity contribution < 1.29 is 0 Å². The lowest BCUT2D eigenvalue weighted by atomic mass is 10.2. The van der Waals surface area contributed by atoms with Crippen molar-refractivity contribution in [3.8, 4) is 0 Å². The van der Waals surface area contributed by atoms with Gasteiger partial charge < -0.3 is 4.57 Å². The number of fused-ring (bicyclic) bond motifs is 3. The smallest absolute Gasteiger partial charge is 0.310 e. The molecule has 0 fully saturated rings. The van der Waals surface area contributed by atoms with Crippen LogP contribution in [0.5, 0.6) is 0 Å². The van der Waals surface area contributed by atoms with Crippen LogP contribution in [-0.2, 0) is 20.1 Å². The Labute approximate surface area is 139 Å². The minimum Gasteiger partial charge on any atom is -0.310 e. The van der Waals surface area contributed by atoms with Gasteiger partial charge in [0.1, 0.15) is 0 Å². The van der Waals surface area contributed by atoms with Crippen molar-refractivity contribution in [2.24, 2.45) is 13.0 Å². The van der Waals surface area contributed by atoms with Crippen LogP contribution in [0.3, 0.4) is 0 Å². The molecule has 0 aromatic carbocycles. The molecular formula is C17H23N5O2. The highest BCUT2D eigenvalue weighted by atomic mass is 16.2. The first-order valence-corrected chi connectivity index (χ1v) is 8.08. The molecule has 3 aromatic heterocycles. The van der Waals surface area contributed by atoms with E-state index in [-0.39, 0.29) is 17.2 Å². The predicted octanol–water partition coefficient (Wildman–Crippen LogP) is 1.61. The zero-order chi connectivity index (χ0) is 17.8. The second-order valence-electron chi connectivity index (χ2n) is 6.64. The third-order valence-electron chi connectivity index (χ3n) is 4.49. The average Bonchev–Trinajstić information content (AvgIpc) is 3.02. The van der Waals surface area contributed by atoms with Crippen LogP contribution in [0.15, 0.2) is 22.2 Å². The Balaban J connectivity index is 2.54. The van der Waals surface area contributed by atoms with Gasteiger partial charge in [-0.25, -0.2) is 4.79 Å². The van der Waals surface area contributed by atoms with E-state index in [1.54, 1.807) is 13.1 Å². The number of aryl methyl sites for hydroxylation is 2. The number of allylic oxidation sites excluding steroid dienone is 1. The molecule has 0 unspecified atom stereocenters. The second-order valence-corrected chi connectivity index (χ2v) is 6.64. The molecule has 0 saturated carbocycles. The molecule has 0 aliphatic heterocycles. The monoisotopic (exact) mass is 329 g/mol. The number of aromatic nitrogens is 5. The summed E-state index contributed by atoms with van der Waals surface area (Å²) < 4.78 is 6.62. The van der Waals surface area contributed by atoms with Crippen molar-refractivity contribution in [1.29, 1.82) is 0 Å². The van der Waals surface area contributed by atoms with Crippen LogP contribution in [-0.4, -0.2) is 23.1 Å². The topological polar surface area (TPSA) is 66.2 Å². The van der Waals surface area contributed by atoms with E-state index in [1.807, 2.05) is 36.7 Å². The zero-order valence-corrected chi connectivity index (χ0v) is 14.8. The maximum Gasteiger partial charge on any atom is 0.332 e. The van der Waals surface area contributed by atoms with Crippen LogP contribution < -0.4 is 11.2 Å². The van der Waals surface area contributed by atoms with E-state index in [4.69, 9.17) is 0 Å². The third kappa shape index (κ3) is 2.07. The maximum absolute atomic E-state index is 13.0. The van der Waals surface area contributed by atoms with Gasteiger partial charge in [-0.3, -0.25) is 18.3 Å². The minimum atomic E-state index is -0.327. The number of nitrogens with zero attached hydrogens (tertiary/aromatic N) is 5. The van der Waals surface area contributed by atoms with E-state index in [1.165, 1.54) is 9.13 Å². The van der Waals surface area contributed by atoms with E-state index in [2.05, 4.69) is 11.6 Å². The molecule has 0 atom stereocenters. The first-order chi connectivity index (χ1) is 11.3. The molecule has 0 bridgehead atoms. The van der Waals surface area contributed by atoms with Crippen LogP contribution in [0.1, 0.15) is 25.2 Å². The molecule has 0 amide bonds. The van der Waals surface area contributed by atoms with Gasteiger partial charge in [-0.1, -0.05) is 19.9 Å². The fourth-order valence-electron chi connectivity index (χ4n) is 3.19. The molecule has 0 aliphatic rings. The van der Waals surface area contributed by atoms with Crippen LogP contribution in [0.2, 0.25) is 0 Å². The fraction of sp³-hybridized carbons (Fsp3) is 0.471. The Kier molecular flexibility index (Phi) is 3.74. The van der Waals surface area contributed by atoms with Crippen LogP contribution in [0, 0.1) is 19.8 Å². The Morgan fingerprint density at radius 2 is 1.83 bits per heavy atom. The van der Waals surface area contributed by atoms with E-state index >= 15 is 0 Å². The summed E-state index contributed by atoms with van der Waals surface area (Å²) in [5.74, 6) is 0.860. The number of hydrogen-bond acceptors (Lipinski definition) is 3. The number of hydrogen-bond donors (Lipinski definition) is 0. The number of imidazole rings is 2. The van der Waals surface area contributed by atoms with Gasteiger partial charge in [0.05, 0.1) is 0 Å². The molecule has 0 saturated heterocycles. The predicted molar refractivity (Wildman–Crippen MR) is 94.7 cm³/mol. The molecule has 7 heteroatoms. The summed E-state index contributed by atoms with van der Waals surface area (Å²) in [4.78, 5) is 30.1. The average molecular weight is 329 g/mol. The zero-order valence-electron chi connectivity index (χ0n) is 14.8. The molecule has 3 heterocycles. The van der Waals surface area contributed by atoms with Gasteiger partial charge in [0, 0.05) is 31.5 Å². The Morgan fingerprint density at radius 1 is 1.17 bits per heavy atom. The molecule has 3 aromatic rings. The lowest BCUT2D eigenvalue weighted by molar-refractivity contribution is 0.484. The summed E-state index contributed by atoms with van der Waals surface area (Å²) in [5, 5.41) is 0. The van der Waals surface area contributed by atoms with Crippen molar-refractivity contribution >= 4 is 16.9 Å². The van der Waals surface area contributed by atoms with E-state index in [9.17, 15) is 9.59 Å². The molecule has 0 N–H and O–H groups in total. The van der Waals surface area contributed by atoms with Gasteiger partial charge in [-0.05, 0) is 19.8 Å². The van der Waals surface area contributed by atoms with E-state index in [0.717, 1.165) is 11.4 Å². The van der Waals surface area contributed by atoms with Crippen molar-refractivity contribution in [3.05, 3.63) is 44.9 Å². The van der Waals surface area contributed by atoms with Gasteiger partial charge in [0.25, 0.3) is 5.56 Å². The Hall–Kier alpha value is -2.57. The maximum atomic E-state index is 13.0. The highest BCUT2D eigenvalue weighted by Gasteiger charge is 2.22. The van der Waals surface area contributed by atoms with Crippen molar-refractivity contribution in [2.45, 2.75) is 40.8 Å². The Morgan fingerprint density at radius 3 is 2.42 bits per heavy atom. The largest absolute Gasteiger partial charge is 0.332 e. The van der Waals surface area contributed by atoms with E-state index in [0.29, 0.717) is 30.0 Å². The fourth-order valence-corrected chi connectivity index (χ4v) is 3.19. The van der Waals surface area contributed by atoms with Gasteiger partial charge in [-0.2, -0.15) is 4.98 Å². The molecule has 0 aliphatic carbocycles. The summed E-state index contributed by atoms with van der Waals surface area (Å²) in [6, 6.07) is 0. The quantitative estimate of drug-likeness (QED) is 0.683. The first-order valence-electron chi connectivity index (χ1n) is 8.08. The summed E-state index contributed by atoms with van der Waals surface area (Å²) in [6.07, 6.45) is 1.79. The minimum absolute atomic E-state index is 0.199. The van der Waals surface area contributed by atoms with Crippen molar-refractivity contribution in [3.63, 3.8) is 0 Å². The molecule has 0 radical (unpaired) electrons. The molecule has 0 spiro atoms. The van der Waals surface area contributed by atoms with Crippen molar-refractivity contribution in [1.82, 2.24) is 23.1 Å². The molecule has 128 valence electrons. The SMILES string of the molecule is C=CCn1c(C)c(C)n2c3c(=O)n(CC(C)C)c(=O)n(C)c3nc12. The standard InChI is InChI=1S/C17H23N5O2/c1-7-8-20-11(4)12(5)22-13-14(18-16(20)22)19(6)17(24)21(15(13)23)9-10(2)3/h7,10H,1,8-9H2,2-6H3. The normalized spacial score (nSPS) is 11.9. The summed E-state index contributed by atoms with van der Waals surface area (Å²) in [6.45, 7) is 12.7. The van der Waals surface area contributed by atoms with Gasteiger partial charge in [0.15, 0.2) is 11.2 Å². The molecule has 3 rings (SSSR count). The lowest BCUT2D eigenvalue weighted by Gasteiger charge is -2.10. The lowest BCUT2D eigenvalue weighted by Crippen LogP contribution is -2.40. The van der Waals surface area contributed by atoms with E-state index < -0.39 is 0 Å². The van der Waals surface area contributed by atoms with Gasteiger partial charge in [0.2, 0.25) is 5.78 Å². The van der Waals surface area contributed by atoms with Gasteiger partial charge in [-0.15, -0.1) is 6.58 Å². The third-order valence-corrected chi connectivity index (χ3v) is 4.49. The summed E-state index contributed by atoms with van der Waals surface area (Å²) in [5.41, 5.74) is 2.24. The highest BCUT2D eigenvalue weighted by molar-refractivity contribution is 5.76.